The molecule has 108 valence electrons. The molecule has 0 saturated carbocycles. The van der Waals surface area contributed by atoms with Gasteiger partial charge < -0.3 is 19.8 Å². The molecule has 0 aliphatic carbocycles. The van der Waals surface area contributed by atoms with Crippen LogP contribution in [-0.4, -0.2) is 71.8 Å². The van der Waals surface area contributed by atoms with Gasteiger partial charge in [-0.25, -0.2) is 9.97 Å². The van der Waals surface area contributed by atoms with Crippen LogP contribution in [0.2, 0.25) is 0 Å². The molecular formula is C13H19N5O2. The van der Waals surface area contributed by atoms with Crippen molar-refractivity contribution in [1.82, 2.24) is 14.9 Å². The van der Waals surface area contributed by atoms with Gasteiger partial charge in [0.05, 0.1) is 12.6 Å². The van der Waals surface area contributed by atoms with Crippen molar-refractivity contribution < 1.29 is 9.90 Å². The van der Waals surface area contributed by atoms with E-state index in [4.69, 9.17) is 0 Å². The molecule has 3 heterocycles. The number of amides is 1. The molecule has 0 unspecified atom stereocenters. The maximum Gasteiger partial charge on any atom is 0.241 e. The summed E-state index contributed by atoms with van der Waals surface area (Å²) in [4.78, 5) is 26.0. The van der Waals surface area contributed by atoms with Crippen molar-refractivity contribution in [2.75, 3.05) is 49.6 Å². The van der Waals surface area contributed by atoms with E-state index in [9.17, 15) is 9.90 Å². The molecule has 2 fully saturated rings. The first-order valence-corrected chi connectivity index (χ1v) is 6.87. The summed E-state index contributed by atoms with van der Waals surface area (Å²) in [6.07, 6.45) is 2.02. The Hall–Kier alpha value is -1.89. The normalized spacial score (nSPS) is 23.6. The number of rotatable bonds is 2. The Kier molecular flexibility index (Phi) is 3.43. The SMILES string of the molecule is CN1CCN(c2cc(N3CC[C@@H](O)C3)ncn2)CC1=O. The second kappa shape index (κ2) is 5.24. The summed E-state index contributed by atoms with van der Waals surface area (Å²) in [5, 5.41) is 9.60. The Morgan fingerprint density at radius 3 is 2.60 bits per heavy atom. The highest BCUT2D eigenvalue weighted by Gasteiger charge is 2.25. The monoisotopic (exact) mass is 277 g/mol. The van der Waals surface area contributed by atoms with Crippen LogP contribution in [0.1, 0.15) is 6.42 Å². The first-order valence-electron chi connectivity index (χ1n) is 6.87. The molecule has 1 amide bonds. The van der Waals surface area contributed by atoms with Crippen LogP contribution in [-0.2, 0) is 4.79 Å². The fourth-order valence-electron chi connectivity index (χ4n) is 2.59. The number of β-amino-alcohol motifs (C(OH)–C–C–N with tert-alkyl or cyclic N) is 1. The highest BCUT2D eigenvalue weighted by molar-refractivity contribution is 5.82. The molecular weight excluding hydrogens is 258 g/mol. The second-order valence-electron chi connectivity index (χ2n) is 5.36. The van der Waals surface area contributed by atoms with Gasteiger partial charge in [-0.05, 0) is 6.42 Å². The Balaban J connectivity index is 1.76. The van der Waals surface area contributed by atoms with Gasteiger partial charge in [-0.1, -0.05) is 0 Å². The van der Waals surface area contributed by atoms with Gasteiger partial charge in [0, 0.05) is 39.3 Å². The third-order valence-corrected chi connectivity index (χ3v) is 3.91. The smallest absolute Gasteiger partial charge is 0.241 e. The third kappa shape index (κ3) is 2.53. The standard InChI is InChI=1S/C13H19N5O2/c1-16-4-5-18(8-13(16)20)12-6-11(14-9-15-12)17-3-2-10(19)7-17/h6,9-10,19H,2-5,7-8H2,1H3/t10-/m1/s1. The summed E-state index contributed by atoms with van der Waals surface area (Å²) < 4.78 is 0. The number of hydrogen-bond acceptors (Lipinski definition) is 6. The van der Waals surface area contributed by atoms with Crippen molar-refractivity contribution in [3.8, 4) is 0 Å². The van der Waals surface area contributed by atoms with Gasteiger partial charge in [-0.3, -0.25) is 4.79 Å². The van der Waals surface area contributed by atoms with Crippen molar-refractivity contribution in [3.05, 3.63) is 12.4 Å². The minimum atomic E-state index is -0.279. The molecule has 0 bridgehead atoms. The van der Waals surface area contributed by atoms with Crippen molar-refractivity contribution >= 4 is 17.5 Å². The third-order valence-electron chi connectivity index (χ3n) is 3.91. The van der Waals surface area contributed by atoms with Crippen molar-refractivity contribution in [2.24, 2.45) is 0 Å². The molecule has 0 radical (unpaired) electrons. The maximum atomic E-state index is 11.8. The van der Waals surface area contributed by atoms with E-state index >= 15 is 0 Å². The number of aliphatic hydroxyl groups excluding tert-OH is 1. The summed E-state index contributed by atoms with van der Waals surface area (Å²) in [6.45, 7) is 3.26. The summed E-state index contributed by atoms with van der Waals surface area (Å²) in [5.74, 6) is 1.70. The number of hydrogen-bond donors (Lipinski definition) is 1. The molecule has 1 atom stereocenters. The van der Waals surface area contributed by atoms with Gasteiger partial charge in [0.2, 0.25) is 5.91 Å². The van der Waals surface area contributed by atoms with E-state index < -0.39 is 0 Å². The number of carbonyl (C=O) groups excluding carboxylic acids is 1. The number of likely N-dealkylation sites (N-methyl/N-ethyl adjacent to an activating group) is 1. The molecule has 7 heteroatoms. The Labute approximate surface area is 117 Å². The number of anilines is 2. The minimum absolute atomic E-state index is 0.105. The fourth-order valence-corrected chi connectivity index (χ4v) is 2.59. The lowest BCUT2D eigenvalue weighted by atomic mass is 10.3. The van der Waals surface area contributed by atoms with E-state index in [2.05, 4.69) is 9.97 Å². The van der Waals surface area contributed by atoms with Crippen LogP contribution in [0, 0.1) is 0 Å². The molecule has 0 spiro atoms. The molecule has 1 N–H and O–H groups in total. The molecule has 1 aromatic rings. The summed E-state index contributed by atoms with van der Waals surface area (Å²) in [5.41, 5.74) is 0. The maximum absolute atomic E-state index is 11.8. The van der Waals surface area contributed by atoms with E-state index in [1.807, 2.05) is 22.9 Å². The highest BCUT2D eigenvalue weighted by atomic mass is 16.3. The number of piperazine rings is 1. The molecule has 2 aliphatic heterocycles. The summed E-state index contributed by atoms with van der Waals surface area (Å²) in [7, 11) is 1.82. The zero-order chi connectivity index (χ0) is 14.1. The van der Waals surface area contributed by atoms with Crippen molar-refractivity contribution in [2.45, 2.75) is 12.5 Å². The average molecular weight is 277 g/mol. The molecule has 20 heavy (non-hydrogen) atoms. The second-order valence-corrected chi connectivity index (χ2v) is 5.36. The van der Waals surface area contributed by atoms with Crippen LogP contribution in [0.5, 0.6) is 0 Å². The largest absolute Gasteiger partial charge is 0.391 e. The minimum Gasteiger partial charge on any atom is -0.391 e. The predicted molar refractivity (Wildman–Crippen MR) is 74.7 cm³/mol. The van der Waals surface area contributed by atoms with Gasteiger partial charge in [-0.2, -0.15) is 0 Å². The van der Waals surface area contributed by atoms with Crippen LogP contribution in [0.15, 0.2) is 12.4 Å². The Morgan fingerprint density at radius 2 is 1.95 bits per heavy atom. The highest BCUT2D eigenvalue weighted by Crippen LogP contribution is 2.22. The zero-order valence-electron chi connectivity index (χ0n) is 11.6. The number of nitrogens with zero attached hydrogens (tertiary/aromatic N) is 5. The van der Waals surface area contributed by atoms with Crippen molar-refractivity contribution in [3.63, 3.8) is 0 Å². The molecule has 2 saturated heterocycles. The van der Waals surface area contributed by atoms with Gasteiger partial charge in [0.1, 0.15) is 18.0 Å². The molecule has 1 aromatic heterocycles. The van der Waals surface area contributed by atoms with Crippen LogP contribution >= 0.6 is 0 Å². The van der Waals surface area contributed by atoms with E-state index in [0.717, 1.165) is 31.1 Å². The zero-order valence-corrected chi connectivity index (χ0v) is 11.6. The van der Waals surface area contributed by atoms with Gasteiger partial charge in [0.15, 0.2) is 0 Å². The van der Waals surface area contributed by atoms with Crippen LogP contribution in [0.4, 0.5) is 11.6 Å². The first kappa shape index (κ1) is 13.1. The number of carbonyl (C=O) groups is 1. The van der Waals surface area contributed by atoms with Gasteiger partial charge >= 0.3 is 0 Å². The summed E-state index contributed by atoms with van der Waals surface area (Å²) in [6, 6.07) is 1.90. The van der Waals surface area contributed by atoms with Crippen LogP contribution < -0.4 is 9.80 Å². The molecule has 2 aliphatic rings. The quantitative estimate of drug-likeness (QED) is 0.772. The lowest BCUT2D eigenvalue weighted by Crippen LogP contribution is -2.48. The van der Waals surface area contributed by atoms with Gasteiger partial charge in [-0.15, -0.1) is 0 Å². The lowest BCUT2D eigenvalue weighted by Gasteiger charge is -2.33. The van der Waals surface area contributed by atoms with E-state index in [1.165, 1.54) is 6.33 Å². The fraction of sp³-hybridized carbons (Fsp3) is 0.615. The lowest BCUT2D eigenvalue weighted by molar-refractivity contribution is -0.129. The Bertz CT molecular complexity index is 509. The van der Waals surface area contributed by atoms with E-state index in [0.29, 0.717) is 19.6 Å². The topological polar surface area (TPSA) is 72.8 Å². The average Bonchev–Trinajstić information content (AvgIpc) is 2.89. The van der Waals surface area contributed by atoms with E-state index in [-0.39, 0.29) is 12.0 Å². The number of aliphatic hydroxyl groups is 1. The van der Waals surface area contributed by atoms with Gasteiger partial charge in [0.25, 0.3) is 0 Å². The summed E-state index contributed by atoms with van der Waals surface area (Å²) >= 11 is 0. The van der Waals surface area contributed by atoms with Crippen molar-refractivity contribution in [1.29, 1.82) is 0 Å². The molecule has 7 nitrogen and oxygen atoms in total. The number of aromatic nitrogens is 2. The molecule has 3 rings (SSSR count). The van der Waals surface area contributed by atoms with Crippen LogP contribution in [0.25, 0.3) is 0 Å². The Morgan fingerprint density at radius 1 is 1.20 bits per heavy atom. The van der Waals surface area contributed by atoms with E-state index in [1.54, 1.807) is 4.90 Å². The first-order chi connectivity index (χ1) is 9.63. The predicted octanol–water partition coefficient (Wildman–Crippen LogP) is -0.674. The molecule has 0 aromatic carbocycles. The van der Waals surface area contributed by atoms with Crippen LogP contribution in [0.3, 0.4) is 0 Å².